The molecule has 2 atom stereocenters. The molecule has 22 heavy (non-hydrogen) atoms. The van der Waals surface area contributed by atoms with Crippen LogP contribution < -0.4 is 0 Å². The van der Waals surface area contributed by atoms with Gasteiger partial charge in [-0.2, -0.15) is 5.26 Å². The Morgan fingerprint density at radius 1 is 1.59 bits per heavy atom. The first kappa shape index (κ1) is 16.7. The number of thiophene rings is 1. The molecule has 2 heterocycles. The molecule has 2 rings (SSSR count). The molecule has 1 aliphatic heterocycles. The van der Waals surface area contributed by atoms with Gasteiger partial charge in [-0.3, -0.25) is 14.7 Å². The maximum Gasteiger partial charge on any atom is 0.328 e. The van der Waals surface area contributed by atoms with E-state index in [0.29, 0.717) is 6.54 Å². The second-order valence-electron chi connectivity index (χ2n) is 5.15. The fourth-order valence-corrected chi connectivity index (χ4v) is 3.42. The molecule has 118 valence electrons. The number of ether oxygens (including phenoxy) is 1. The first-order valence-corrected chi connectivity index (χ1v) is 8.48. The average molecular weight is 319 g/mol. The van der Waals surface area contributed by atoms with Gasteiger partial charge in [0.2, 0.25) is 0 Å². The van der Waals surface area contributed by atoms with Gasteiger partial charge < -0.3 is 4.74 Å². The van der Waals surface area contributed by atoms with Crippen LogP contribution in [0.15, 0.2) is 22.5 Å². The highest BCUT2D eigenvalue weighted by molar-refractivity contribution is 7.10. The van der Waals surface area contributed by atoms with Crippen LogP contribution in [0.1, 0.15) is 30.7 Å². The molecule has 1 aromatic rings. The summed E-state index contributed by atoms with van der Waals surface area (Å²) in [6.45, 7) is 4.73. The van der Waals surface area contributed by atoms with Crippen molar-refractivity contribution in [2.24, 2.45) is 10.9 Å². The van der Waals surface area contributed by atoms with Crippen LogP contribution in [0.5, 0.6) is 0 Å². The van der Waals surface area contributed by atoms with Gasteiger partial charge in [-0.1, -0.05) is 6.07 Å². The number of nitriles is 1. The van der Waals surface area contributed by atoms with Gasteiger partial charge in [0.05, 0.1) is 25.3 Å². The third kappa shape index (κ3) is 4.39. The molecule has 0 spiro atoms. The summed E-state index contributed by atoms with van der Waals surface area (Å²) >= 11 is 1.72. The summed E-state index contributed by atoms with van der Waals surface area (Å²) in [6, 6.07) is 6.33. The van der Waals surface area contributed by atoms with E-state index < -0.39 is 11.9 Å². The normalized spacial score (nSPS) is 18.2. The van der Waals surface area contributed by atoms with Gasteiger partial charge in [0.15, 0.2) is 5.92 Å². The van der Waals surface area contributed by atoms with E-state index in [1.165, 1.54) is 23.9 Å². The standard InChI is InChI=1S/C16H21N3O2S/c1-2-21-16(20)13(10-17)11-18-12-14(15-6-5-9-22-15)19-7-3-4-8-19/h5-6,9,11,13-14H,2-4,7-8,12H2,1H3/t13-,14-/m0/s1. The van der Waals surface area contributed by atoms with Gasteiger partial charge in [-0.15, -0.1) is 11.3 Å². The lowest BCUT2D eigenvalue weighted by Crippen LogP contribution is -2.27. The Labute approximate surface area is 135 Å². The fraction of sp³-hybridized carbons (Fsp3) is 0.562. The van der Waals surface area contributed by atoms with Crippen molar-refractivity contribution in [3.63, 3.8) is 0 Å². The van der Waals surface area contributed by atoms with E-state index in [-0.39, 0.29) is 12.6 Å². The molecule has 0 bridgehead atoms. The van der Waals surface area contributed by atoms with Gasteiger partial charge in [0.1, 0.15) is 0 Å². The van der Waals surface area contributed by atoms with Gasteiger partial charge in [0, 0.05) is 11.1 Å². The Hall–Kier alpha value is -1.71. The number of likely N-dealkylation sites (tertiary alicyclic amines) is 1. The number of carbonyl (C=O) groups excluding carboxylic acids is 1. The van der Waals surface area contributed by atoms with Crippen molar-refractivity contribution in [3.8, 4) is 6.07 Å². The zero-order valence-electron chi connectivity index (χ0n) is 12.8. The van der Waals surface area contributed by atoms with Crippen molar-refractivity contribution in [3.05, 3.63) is 22.4 Å². The van der Waals surface area contributed by atoms with Crippen molar-refractivity contribution in [1.82, 2.24) is 4.90 Å². The minimum Gasteiger partial charge on any atom is -0.465 e. The molecule has 5 nitrogen and oxygen atoms in total. The van der Waals surface area contributed by atoms with Crippen LogP contribution in [-0.2, 0) is 9.53 Å². The van der Waals surface area contributed by atoms with E-state index in [0.717, 1.165) is 13.1 Å². The molecule has 1 fully saturated rings. The first-order chi connectivity index (χ1) is 10.8. The van der Waals surface area contributed by atoms with Crippen molar-refractivity contribution < 1.29 is 9.53 Å². The maximum atomic E-state index is 11.6. The highest BCUT2D eigenvalue weighted by Gasteiger charge is 2.24. The lowest BCUT2D eigenvalue weighted by molar-refractivity contribution is -0.143. The van der Waals surface area contributed by atoms with Crippen LogP contribution in [0.2, 0.25) is 0 Å². The molecule has 0 aliphatic carbocycles. The number of hydrogen-bond acceptors (Lipinski definition) is 6. The number of esters is 1. The predicted octanol–water partition coefficient (Wildman–Crippen LogP) is 2.66. The average Bonchev–Trinajstić information content (AvgIpc) is 3.21. The summed E-state index contributed by atoms with van der Waals surface area (Å²) in [7, 11) is 0. The number of hydrogen-bond donors (Lipinski definition) is 0. The van der Waals surface area contributed by atoms with E-state index >= 15 is 0 Å². The lowest BCUT2D eigenvalue weighted by Gasteiger charge is -2.25. The summed E-state index contributed by atoms with van der Waals surface area (Å²) < 4.78 is 4.86. The fourth-order valence-electron chi connectivity index (χ4n) is 2.56. The largest absolute Gasteiger partial charge is 0.465 e. The summed E-state index contributed by atoms with van der Waals surface area (Å²) in [5, 5.41) is 11.1. The molecular formula is C16H21N3O2S. The number of nitrogens with zero attached hydrogens (tertiary/aromatic N) is 3. The molecule has 6 heteroatoms. The number of rotatable bonds is 7. The highest BCUT2D eigenvalue weighted by Crippen LogP contribution is 2.28. The second-order valence-corrected chi connectivity index (χ2v) is 6.13. The quantitative estimate of drug-likeness (QED) is 0.572. The molecule has 1 aliphatic rings. The summed E-state index contributed by atoms with van der Waals surface area (Å²) in [5.74, 6) is -1.44. The Balaban J connectivity index is 2.00. The first-order valence-electron chi connectivity index (χ1n) is 7.60. The third-order valence-corrected chi connectivity index (χ3v) is 4.64. The van der Waals surface area contributed by atoms with Crippen LogP contribution in [-0.4, -0.2) is 43.3 Å². The lowest BCUT2D eigenvalue weighted by atomic mass is 10.2. The Morgan fingerprint density at radius 2 is 2.36 bits per heavy atom. The minimum absolute atomic E-state index is 0.236. The maximum absolute atomic E-state index is 11.6. The van der Waals surface area contributed by atoms with E-state index in [1.54, 1.807) is 18.3 Å². The molecular weight excluding hydrogens is 298 g/mol. The van der Waals surface area contributed by atoms with Crippen LogP contribution in [0.4, 0.5) is 0 Å². The van der Waals surface area contributed by atoms with E-state index in [9.17, 15) is 4.79 Å². The topological polar surface area (TPSA) is 65.7 Å². The SMILES string of the molecule is CCOC(=O)[C@@H](C#N)C=NC[C@@H](c1cccs1)N1CCCC1. The molecule has 0 aromatic carbocycles. The van der Waals surface area contributed by atoms with Gasteiger partial charge in [-0.25, -0.2) is 0 Å². The van der Waals surface area contributed by atoms with E-state index in [4.69, 9.17) is 10.00 Å². The van der Waals surface area contributed by atoms with E-state index in [2.05, 4.69) is 21.3 Å². The molecule has 1 saturated heterocycles. The minimum atomic E-state index is -0.914. The van der Waals surface area contributed by atoms with Gasteiger partial charge in [0.25, 0.3) is 0 Å². The van der Waals surface area contributed by atoms with Crippen molar-refractivity contribution in [1.29, 1.82) is 5.26 Å². The number of aliphatic imine (C=N–C) groups is 1. The molecule has 0 N–H and O–H groups in total. The monoisotopic (exact) mass is 319 g/mol. The van der Waals surface area contributed by atoms with Crippen molar-refractivity contribution in [2.75, 3.05) is 26.2 Å². The summed E-state index contributed by atoms with van der Waals surface area (Å²) in [6.07, 6.45) is 3.86. The Bertz CT molecular complexity index is 530. The predicted molar refractivity (Wildman–Crippen MR) is 87.0 cm³/mol. The van der Waals surface area contributed by atoms with Gasteiger partial charge >= 0.3 is 5.97 Å². The van der Waals surface area contributed by atoms with E-state index in [1.807, 2.05) is 12.1 Å². The molecule has 0 radical (unpaired) electrons. The molecule has 0 unspecified atom stereocenters. The van der Waals surface area contributed by atoms with Crippen LogP contribution in [0.3, 0.4) is 0 Å². The summed E-state index contributed by atoms with van der Waals surface area (Å²) in [4.78, 5) is 19.7. The smallest absolute Gasteiger partial charge is 0.328 e. The Kier molecular flexibility index (Phi) is 6.56. The molecule has 0 amide bonds. The molecule has 0 saturated carbocycles. The van der Waals surface area contributed by atoms with Crippen molar-refractivity contribution >= 4 is 23.5 Å². The van der Waals surface area contributed by atoms with Gasteiger partial charge in [-0.05, 0) is 44.3 Å². The summed E-state index contributed by atoms with van der Waals surface area (Å²) in [5.41, 5.74) is 0. The zero-order chi connectivity index (χ0) is 15.8. The molecule has 1 aromatic heterocycles. The zero-order valence-corrected chi connectivity index (χ0v) is 13.6. The number of carbonyl (C=O) groups is 1. The van der Waals surface area contributed by atoms with Crippen molar-refractivity contribution in [2.45, 2.75) is 25.8 Å². The van der Waals surface area contributed by atoms with Crippen LogP contribution in [0.25, 0.3) is 0 Å². The highest BCUT2D eigenvalue weighted by atomic mass is 32.1. The second kappa shape index (κ2) is 8.66. The third-order valence-electron chi connectivity index (χ3n) is 3.67. The Morgan fingerprint density at radius 3 is 2.95 bits per heavy atom. The van der Waals surface area contributed by atoms with Crippen LogP contribution >= 0.6 is 11.3 Å². The van der Waals surface area contributed by atoms with Crippen LogP contribution in [0, 0.1) is 17.2 Å².